The number of thiophene rings is 1. The molecule has 0 saturated carbocycles. The van der Waals surface area contributed by atoms with Gasteiger partial charge >= 0.3 is 0 Å². The van der Waals surface area contributed by atoms with Crippen molar-refractivity contribution in [1.82, 2.24) is 5.32 Å². The minimum Gasteiger partial charge on any atom is -0.306 e. The standard InChI is InChI=1S/C18H19NS/c1-13-7-3-4-8-16(13)14(2)19-11-15-12-20-18-10-6-5-9-17(15)18/h3-10,12,14,19H,11H2,1-2H3. The number of nitrogens with one attached hydrogen (secondary N) is 1. The van der Waals surface area contributed by atoms with Crippen molar-refractivity contribution in [2.75, 3.05) is 0 Å². The first kappa shape index (κ1) is 13.3. The lowest BCUT2D eigenvalue weighted by Crippen LogP contribution is -2.18. The van der Waals surface area contributed by atoms with E-state index in [-0.39, 0.29) is 0 Å². The molecule has 0 aliphatic rings. The summed E-state index contributed by atoms with van der Waals surface area (Å²) in [6, 6.07) is 17.6. The van der Waals surface area contributed by atoms with Crippen molar-refractivity contribution in [1.29, 1.82) is 0 Å². The molecule has 1 atom stereocenters. The molecule has 0 fully saturated rings. The summed E-state index contributed by atoms with van der Waals surface area (Å²) < 4.78 is 1.37. The molecule has 20 heavy (non-hydrogen) atoms. The zero-order chi connectivity index (χ0) is 13.9. The molecule has 0 radical (unpaired) electrons. The fourth-order valence-electron chi connectivity index (χ4n) is 2.62. The van der Waals surface area contributed by atoms with Gasteiger partial charge in [-0.15, -0.1) is 11.3 Å². The largest absolute Gasteiger partial charge is 0.306 e. The summed E-state index contributed by atoms with van der Waals surface area (Å²) >= 11 is 1.82. The summed E-state index contributed by atoms with van der Waals surface area (Å²) in [6.45, 7) is 5.32. The van der Waals surface area contributed by atoms with Crippen LogP contribution in [0.25, 0.3) is 10.1 Å². The van der Waals surface area contributed by atoms with E-state index in [1.165, 1.54) is 26.8 Å². The quantitative estimate of drug-likeness (QED) is 0.704. The number of benzene rings is 2. The minimum absolute atomic E-state index is 0.370. The third kappa shape index (κ3) is 2.62. The Hall–Kier alpha value is -1.64. The second kappa shape index (κ2) is 5.78. The van der Waals surface area contributed by atoms with Crippen molar-refractivity contribution in [3.8, 4) is 0 Å². The average Bonchev–Trinajstić information content (AvgIpc) is 2.88. The van der Waals surface area contributed by atoms with Gasteiger partial charge in [-0.1, -0.05) is 42.5 Å². The van der Waals surface area contributed by atoms with Gasteiger partial charge in [0.05, 0.1) is 0 Å². The van der Waals surface area contributed by atoms with Gasteiger partial charge in [0.2, 0.25) is 0 Å². The van der Waals surface area contributed by atoms with Crippen LogP contribution in [0.2, 0.25) is 0 Å². The monoisotopic (exact) mass is 281 g/mol. The second-order valence-electron chi connectivity index (χ2n) is 5.22. The molecule has 2 aromatic carbocycles. The van der Waals surface area contributed by atoms with Crippen LogP contribution in [0.4, 0.5) is 0 Å². The van der Waals surface area contributed by atoms with Crippen LogP contribution in [-0.4, -0.2) is 0 Å². The second-order valence-corrected chi connectivity index (χ2v) is 6.13. The number of rotatable bonds is 4. The molecule has 0 aliphatic heterocycles. The first-order valence-electron chi connectivity index (χ1n) is 7.00. The van der Waals surface area contributed by atoms with Crippen LogP contribution < -0.4 is 5.32 Å². The van der Waals surface area contributed by atoms with Gasteiger partial charge < -0.3 is 5.32 Å². The Kier molecular flexibility index (Phi) is 3.86. The Balaban J connectivity index is 1.75. The van der Waals surface area contributed by atoms with E-state index in [1.807, 2.05) is 11.3 Å². The van der Waals surface area contributed by atoms with Crippen LogP contribution in [0.1, 0.15) is 29.7 Å². The van der Waals surface area contributed by atoms with Crippen LogP contribution in [0.5, 0.6) is 0 Å². The third-order valence-corrected chi connectivity index (χ3v) is 4.83. The molecule has 1 nitrogen and oxygen atoms in total. The van der Waals surface area contributed by atoms with E-state index in [0.717, 1.165) is 6.54 Å². The molecule has 1 N–H and O–H groups in total. The molecule has 1 unspecified atom stereocenters. The Labute approximate surface area is 124 Å². The Morgan fingerprint density at radius 1 is 1.05 bits per heavy atom. The Morgan fingerprint density at radius 2 is 1.80 bits per heavy atom. The predicted molar refractivity (Wildman–Crippen MR) is 88.3 cm³/mol. The molecule has 0 amide bonds. The zero-order valence-electron chi connectivity index (χ0n) is 11.9. The summed E-state index contributed by atoms with van der Waals surface area (Å²) in [6.07, 6.45) is 0. The highest BCUT2D eigenvalue weighted by Gasteiger charge is 2.09. The van der Waals surface area contributed by atoms with Gasteiger partial charge in [0.15, 0.2) is 0 Å². The maximum Gasteiger partial charge on any atom is 0.0346 e. The summed E-state index contributed by atoms with van der Waals surface area (Å²) in [5, 5.41) is 7.28. The molecule has 0 saturated heterocycles. The number of aryl methyl sites for hydroxylation is 1. The maximum atomic E-state index is 3.64. The summed E-state index contributed by atoms with van der Waals surface area (Å²) in [5.74, 6) is 0. The van der Waals surface area contributed by atoms with Crippen LogP contribution in [0.15, 0.2) is 53.9 Å². The SMILES string of the molecule is Cc1ccccc1C(C)NCc1csc2ccccc12. The van der Waals surface area contributed by atoms with Crippen LogP contribution in [0.3, 0.4) is 0 Å². The molecule has 1 aromatic heterocycles. The van der Waals surface area contributed by atoms with Gasteiger partial charge in [-0.2, -0.15) is 0 Å². The van der Waals surface area contributed by atoms with Gasteiger partial charge in [-0.3, -0.25) is 0 Å². The third-order valence-electron chi connectivity index (χ3n) is 3.81. The van der Waals surface area contributed by atoms with Crippen molar-refractivity contribution in [3.05, 3.63) is 70.6 Å². The van der Waals surface area contributed by atoms with E-state index in [0.29, 0.717) is 6.04 Å². The predicted octanol–water partition coefficient (Wildman–Crippen LogP) is 5.06. The topological polar surface area (TPSA) is 12.0 Å². The molecule has 1 heterocycles. The van der Waals surface area contributed by atoms with Crippen LogP contribution in [-0.2, 0) is 6.54 Å². The fraction of sp³-hybridized carbons (Fsp3) is 0.222. The van der Waals surface area contributed by atoms with Gasteiger partial charge in [0.1, 0.15) is 0 Å². The van der Waals surface area contributed by atoms with E-state index in [1.54, 1.807) is 0 Å². The van der Waals surface area contributed by atoms with Gasteiger partial charge in [-0.25, -0.2) is 0 Å². The van der Waals surface area contributed by atoms with Gasteiger partial charge in [0.25, 0.3) is 0 Å². The molecule has 2 heteroatoms. The van der Waals surface area contributed by atoms with Crippen molar-refractivity contribution in [2.45, 2.75) is 26.4 Å². The fourth-order valence-corrected chi connectivity index (χ4v) is 3.58. The normalized spacial score (nSPS) is 12.7. The smallest absolute Gasteiger partial charge is 0.0346 e. The molecular formula is C18H19NS. The van der Waals surface area contributed by atoms with E-state index >= 15 is 0 Å². The van der Waals surface area contributed by atoms with Crippen molar-refractivity contribution < 1.29 is 0 Å². The molecule has 102 valence electrons. The van der Waals surface area contributed by atoms with Crippen molar-refractivity contribution in [3.63, 3.8) is 0 Å². The Morgan fingerprint density at radius 3 is 2.65 bits per heavy atom. The van der Waals surface area contributed by atoms with Crippen LogP contribution in [0, 0.1) is 6.92 Å². The van der Waals surface area contributed by atoms with Gasteiger partial charge in [0, 0.05) is 17.3 Å². The molecular weight excluding hydrogens is 262 g/mol. The number of fused-ring (bicyclic) bond motifs is 1. The Bertz CT molecular complexity index is 714. The highest BCUT2D eigenvalue weighted by atomic mass is 32.1. The van der Waals surface area contributed by atoms with Crippen molar-refractivity contribution >= 4 is 21.4 Å². The first-order chi connectivity index (χ1) is 9.75. The lowest BCUT2D eigenvalue weighted by Gasteiger charge is -2.16. The van der Waals surface area contributed by atoms with E-state index in [4.69, 9.17) is 0 Å². The molecule has 3 rings (SSSR count). The lowest BCUT2D eigenvalue weighted by molar-refractivity contribution is 0.574. The number of hydrogen-bond acceptors (Lipinski definition) is 2. The van der Waals surface area contributed by atoms with Gasteiger partial charge in [-0.05, 0) is 47.4 Å². The first-order valence-corrected chi connectivity index (χ1v) is 7.87. The molecule has 0 spiro atoms. The summed E-state index contributed by atoms with van der Waals surface area (Å²) in [5.41, 5.74) is 4.13. The highest BCUT2D eigenvalue weighted by Crippen LogP contribution is 2.26. The molecule has 3 aromatic rings. The van der Waals surface area contributed by atoms with E-state index in [2.05, 4.69) is 73.1 Å². The maximum absolute atomic E-state index is 3.64. The zero-order valence-corrected chi connectivity index (χ0v) is 12.7. The highest BCUT2D eigenvalue weighted by molar-refractivity contribution is 7.17. The van der Waals surface area contributed by atoms with E-state index < -0.39 is 0 Å². The molecule has 0 aliphatic carbocycles. The van der Waals surface area contributed by atoms with E-state index in [9.17, 15) is 0 Å². The molecule has 0 bridgehead atoms. The summed E-state index contributed by atoms with van der Waals surface area (Å²) in [4.78, 5) is 0. The average molecular weight is 281 g/mol. The minimum atomic E-state index is 0.370. The lowest BCUT2D eigenvalue weighted by atomic mass is 10.0. The van der Waals surface area contributed by atoms with Crippen molar-refractivity contribution in [2.24, 2.45) is 0 Å². The van der Waals surface area contributed by atoms with Crippen LogP contribution >= 0.6 is 11.3 Å². The summed E-state index contributed by atoms with van der Waals surface area (Å²) in [7, 11) is 0. The number of hydrogen-bond donors (Lipinski definition) is 1.